The summed E-state index contributed by atoms with van der Waals surface area (Å²) >= 11 is 0. The van der Waals surface area contributed by atoms with Crippen LogP contribution in [0, 0.1) is 0 Å². The molecule has 0 aliphatic rings. The highest BCUT2D eigenvalue weighted by atomic mass is 16.5. The second-order valence-electron chi connectivity index (χ2n) is 5.13. The van der Waals surface area contributed by atoms with E-state index in [4.69, 9.17) is 4.74 Å². The first-order valence-corrected chi connectivity index (χ1v) is 7.04. The average molecular weight is 265 g/mol. The monoisotopic (exact) mass is 265 g/mol. The topological polar surface area (TPSA) is 37.4 Å². The van der Waals surface area contributed by atoms with Crippen LogP contribution in [0.2, 0.25) is 0 Å². The molecular formula is C15H27N3O. The van der Waals surface area contributed by atoms with Crippen LogP contribution >= 0.6 is 0 Å². The summed E-state index contributed by atoms with van der Waals surface area (Å²) < 4.78 is 5.10. The molecule has 0 aromatic carbocycles. The Morgan fingerprint density at radius 2 is 2.11 bits per heavy atom. The Morgan fingerprint density at radius 1 is 1.32 bits per heavy atom. The van der Waals surface area contributed by atoms with Gasteiger partial charge in [0.15, 0.2) is 0 Å². The first-order chi connectivity index (χ1) is 9.13. The third kappa shape index (κ3) is 6.55. The van der Waals surface area contributed by atoms with Gasteiger partial charge in [0.05, 0.1) is 12.8 Å². The van der Waals surface area contributed by atoms with Crippen molar-refractivity contribution in [3.8, 4) is 5.88 Å². The third-order valence-corrected chi connectivity index (χ3v) is 3.29. The fraction of sp³-hybridized carbons (Fsp3) is 0.667. The molecule has 0 atom stereocenters. The van der Waals surface area contributed by atoms with Crippen LogP contribution in [-0.4, -0.2) is 43.2 Å². The van der Waals surface area contributed by atoms with E-state index in [1.165, 1.54) is 12.8 Å². The lowest BCUT2D eigenvalue weighted by Gasteiger charge is -2.20. The highest BCUT2D eigenvalue weighted by molar-refractivity contribution is 5.15. The fourth-order valence-corrected chi connectivity index (χ4v) is 1.76. The molecule has 0 saturated carbocycles. The van der Waals surface area contributed by atoms with Gasteiger partial charge in [-0.3, -0.25) is 0 Å². The minimum absolute atomic E-state index is 0.633. The lowest BCUT2D eigenvalue weighted by molar-refractivity contribution is 0.268. The molecule has 1 rings (SSSR count). The van der Waals surface area contributed by atoms with Crippen LogP contribution in [0.1, 0.15) is 32.4 Å². The van der Waals surface area contributed by atoms with Crippen LogP contribution < -0.4 is 10.1 Å². The predicted molar refractivity (Wildman–Crippen MR) is 79.5 cm³/mol. The number of nitrogens with one attached hydrogen (secondary N) is 1. The summed E-state index contributed by atoms with van der Waals surface area (Å²) in [4.78, 5) is 6.75. The van der Waals surface area contributed by atoms with Crippen LogP contribution in [0.3, 0.4) is 0 Å². The van der Waals surface area contributed by atoms with Crippen molar-refractivity contribution < 1.29 is 4.74 Å². The molecule has 0 aliphatic heterocycles. The highest BCUT2D eigenvalue weighted by Gasteiger charge is 2.02. The molecule has 0 saturated heterocycles. The Morgan fingerprint density at radius 3 is 2.79 bits per heavy atom. The van der Waals surface area contributed by atoms with E-state index in [9.17, 15) is 0 Å². The zero-order valence-corrected chi connectivity index (χ0v) is 12.6. The number of hydrogen-bond acceptors (Lipinski definition) is 4. The van der Waals surface area contributed by atoms with Crippen molar-refractivity contribution in [2.45, 2.75) is 39.3 Å². The summed E-state index contributed by atoms with van der Waals surface area (Å²) in [6.07, 6.45) is 2.42. The fourth-order valence-electron chi connectivity index (χ4n) is 1.76. The SMILES string of the molecule is COc1cccc(CNCCCCN(C)C(C)C)n1. The van der Waals surface area contributed by atoms with E-state index >= 15 is 0 Å². The van der Waals surface area contributed by atoms with Gasteiger partial charge in [0, 0.05) is 18.7 Å². The number of methoxy groups -OCH3 is 1. The summed E-state index contributed by atoms with van der Waals surface area (Å²) in [6, 6.07) is 6.49. The van der Waals surface area contributed by atoms with E-state index in [1.54, 1.807) is 7.11 Å². The molecule has 4 heteroatoms. The zero-order valence-electron chi connectivity index (χ0n) is 12.6. The van der Waals surface area contributed by atoms with Crippen molar-refractivity contribution in [3.63, 3.8) is 0 Å². The lowest BCUT2D eigenvalue weighted by Crippen LogP contribution is -2.27. The molecular weight excluding hydrogens is 238 g/mol. The Hall–Kier alpha value is -1.13. The summed E-state index contributed by atoms with van der Waals surface area (Å²) in [7, 11) is 3.82. The van der Waals surface area contributed by atoms with E-state index in [2.05, 4.69) is 36.1 Å². The molecule has 0 bridgehead atoms. The molecule has 0 fully saturated rings. The van der Waals surface area contributed by atoms with Gasteiger partial charge < -0.3 is 15.0 Å². The maximum absolute atomic E-state index is 5.10. The Bertz CT molecular complexity index is 355. The van der Waals surface area contributed by atoms with Crippen LogP contribution in [0.4, 0.5) is 0 Å². The lowest BCUT2D eigenvalue weighted by atomic mass is 10.2. The van der Waals surface area contributed by atoms with Crippen molar-refractivity contribution in [2.24, 2.45) is 0 Å². The molecule has 0 aliphatic carbocycles. The minimum Gasteiger partial charge on any atom is -0.481 e. The van der Waals surface area contributed by atoms with Gasteiger partial charge in [-0.2, -0.15) is 0 Å². The van der Waals surface area contributed by atoms with Crippen LogP contribution in [0.5, 0.6) is 5.88 Å². The smallest absolute Gasteiger partial charge is 0.213 e. The number of hydrogen-bond donors (Lipinski definition) is 1. The van der Waals surface area contributed by atoms with E-state index in [0.29, 0.717) is 11.9 Å². The van der Waals surface area contributed by atoms with Gasteiger partial charge in [0.25, 0.3) is 0 Å². The first kappa shape index (κ1) is 15.9. The standard InChI is InChI=1S/C15H27N3O/c1-13(2)18(3)11-6-5-10-16-12-14-8-7-9-15(17-14)19-4/h7-9,13,16H,5-6,10-12H2,1-4H3. The summed E-state index contributed by atoms with van der Waals surface area (Å²) in [5.41, 5.74) is 1.03. The number of nitrogens with zero attached hydrogens (tertiary/aromatic N) is 2. The summed E-state index contributed by atoms with van der Waals surface area (Å²) in [5, 5.41) is 3.42. The van der Waals surface area contributed by atoms with Gasteiger partial charge in [0.1, 0.15) is 0 Å². The second kappa shape index (κ2) is 8.88. The number of rotatable bonds is 9. The maximum atomic E-state index is 5.10. The number of ether oxygens (including phenoxy) is 1. The van der Waals surface area contributed by atoms with Gasteiger partial charge in [-0.1, -0.05) is 6.07 Å². The molecule has 1 aromatic rings. The van der Waals surface area contributed by atoms with Crippen LogP contribution in [0.25, 0.3) is 0 Å². The molecule has 0 amide bonds. The molecule has 0 spiro atoms. The number of unbranched alkanes of at least 4 members (excludes halogenated alkanes) is 1. The molecule has 4 nitrogen and oxygen atoms in total. The highest BCUT2D eigenvalue weighted by Crippen LogP contribution is 2.06. The number of pyridine rings is 1. The maximum Gasteiger partial charge on any atom is 0.213 e. The van der Waals surface area contributed by atoms with E-state index < -0.39 is 0 Å². The second-order valence-corrected chi connectivity index (χ2v) is 5.13. The van der Waals surface area contributed by atoms with Crippen LogP contribution in [0.15, 0.2) is 18.2 Å². The first-order valence-electron chi connectivity index (χ1n) is 7.04. The Balaban J connectivity index is 2.10. The molecule has 0 unspecified atom stereocenters. The van der Waals surface area contributed by atoms with Crippen molar-refractivity contribution in [3.05, 3.63) is 23.9 Å². The summed E-state index contributed by atoms with van der Waals surface area (Å²) in [6.45, 7) is 7.46. The van der Waals surface area contributed by atoms with Crippen LogP contribution in [-0.2, 0) is 6.54 Å². The quantitative estimate of drug-likeness (QED) is 0.695. The van der Waals surface area contributed by atoms with Gasteiger partial charge >= 0.3 is 0 Å². The van der Waals surface area contributed by atoms with Crippen molar-refractivity contribution >= 4 is 0 Å². The van der Waals surface area contributed by atoms with Crippen molar-refractivity contribution in [1.82, 2.24) is 15.2 Å². The average Bonchev–Trinajstić information content (AvgIpc) is 2.42. The van der Waals surface area contributed by atoms with Crippen molar-refractivity contribution in [1.29, 1.82) is 0 Å². The van der Waals surface area contributed by atoms with Gasteiger partial charge in [-0.25, -0.2) is 4.98 Å². The third-order valence-electron chi connectivity index (χ3n) is 3.29. The summed E-state index contributed by atoms with van der Waals surface area (Å²) in [5.74, 6) is 0.679. The Kier molecular flexibility index (Phi) is 7.45. The van der Waals surface area contributed by atoms with Gasteiger partial charge in [0.2, 0.25) is 5.88 Å². The molecule has 1 N–H and O–H groups in total. The van der Waals surface area contributed by atoms with Gasteiger partial charge in [-0.15, -0.1) is 0 Å². The largest absolute Gasteiger partial charge is 0.481 e. The normalized spacial score (nSPS) is 11.3. The van der Waals surface area contributed by atoms with E-state index in [1.807, 2.05) is 18.2 Å². The minimum atomic E-state index is 0.633. The van der Waals surface area contributed by atoms with Gasteiger partial charge in [-0.05, 0) is 52.9 Å². The van der Waals surface area contributed by atoms with E-state index in [0.717, 1.165) is 25.3 Å². The molecule has 108 valence electrons. The Labute approximate surface area is 117 Å². The van der Waals surface area contributed by atoms with E-state index in [-0.39, 0.29) is 0 Å². The molecule has 0 radical (unpaired) electrons. The zero-order chi connectivity index (χ0) is 14.1. The molecule has 1 heterocycles. The molecule has 19 heavy (non-hydrogen) atoms. The number of aromatic nitrogens is 1. The molecule has 1 aromatic heterocycles. The van der Waals surface area contributed by atoms with Crippen molar-refractivity contribution in [2.75, 3.05) is 27.2 Å². The predicted octanol–water partition coefficient (Wildman–Crippen LogP) is 2.30.